The van der Waals surface area contributed by atoms with Crippen LogP contribution in [0.25, 0.3) is 0 Å². The van der Waals surface area contributed by atoms with Gasteiger partial charge in [0.25, 0.3) is 0 Å². The van der Waals surface area contributed by atoms with E-state index in [1.807, 2.05) is 25.1 Å². The van der Waals surface area contributed by atoms with Crippen LogP contribution in [0.15, 0.2) is 18.2 Å². The van der Waals surface area contributed by atoms with Crippen LogP contribution in [0.2, 0.25) is 5.02 Å². The first kappa shape index (κ1) is 14.3. The van der Waals surface area contributed by atoms with E-state index in [-0.39, 0.29) is 0 Å². The minimum atomic E-state index is 0.654. The Morgan fingerprint density at radius 1 is 1.35 bits per heavy atom. The third-order valence-corrected chi connectivity index (χ3v) is 2.69. The van der Waals surface area contributed by atoms with Crippen LogP contribution in [0.4, 0.5) is 0 Å². The molecule has 0 saturated carbocycles. The molecule has 1 aromatic carbocycles. The number of ether oxygens (including phenoxy) is 2. The minimum absolute atomic E-state index is 0.654. The van der Waals surface area contributed by atoms with E-state index in [0.29, 0.717) is 10.8 Å². The molecule has 0 saturated heterocycles. The van der Waals surface area contributed by atoms with Gasteiger partial charge in [0.15, 0.2) is 0 Å². The third kappa shape index (κ3) is 5.39. The molecule has 4 heteroatoms. The van der Waals surface area contributed by atoms with Gasteiger partial charge in [-0.1, -0.05) is 17.7 Å². The molecule has 0 amide bonds. The average molecular weight is 258 g/mol. The molecule has 0 unspecified atom stereocenters. The molecule has 0 aliphatic heterocycles. The summed E-state index contributed by atoms with van der Waals surface area (Å²) in [6, 6.07) is 5.83. The van der Waals surface area contributed by atoms with E-state index in [1.165, 1.54) is 0 Å². The molecule has 0 radical (unpaired) electrons. The van der Waals surface area contributed by atoms with Gasteiger partial charge in [-0.3, -0.25) is 0 Å². The van der Waals surface area contributed by atoms with Crippen LogP contribution in [0.5, 0.6) is 5.75 Å². The molecule has 0 spiro atoms. The Balaban J connectivity index is 2.25. The first-order valence-corrected chi connectivity index (χ1v) is 6.26. The summed E-state index contributed by atoms with van der Waals surface area (Å²) in [5.74, 6) is 0.715. The van der Waals surface area contributed by atoms with Crippen LogP contribution in [0, 0.1) is 0 Å². The average Bonchev–Trinajstić information content (AvgIpc) is 2.34. The lowest BCUT2D eigenvalue weighted by Crippen LogP contribution is -2.16. The van der Waals surface area contributed by atoms with Crippen molar-refractivity contribution in [1.82, 2.24) is 5.32 Å². The van der Waals surface area contributed by atoms with Gasteiger partial charge in [-0.15, -0.1) is 0 Å². The summed E-state index contributed by atoms with van der Waals surface area (Å²) in [5, 5.41) is 4.00. The van der Waals surface area contributed by atoms with Crippen molar-refractivity contribution in [3.63, 3.8) is 0 Å². The number of halogens is 1. The number of rotatable bonds is 8. The zero-order valence-corrected chi connectivity index (χ0v) is 11.2. The third-order valence-electron chi connectivity index (χ3n) is 2.39. The lowest BCUT2D eigenvalue weighted by atomic mass is 10.2. The Bertz CT molecular complexity index is 331. The van der Waals surface area contributed by atoms with Crippen molar-refractivity contribution in [3.05, 3.63) is 28.8 Å². The highest BCUT2D eigenvalue weighted by atomic mass is 35.5. The first-order valence-electron chi connectivity index (χ1n) is 5.88. The molecule has 0 bridgehead atoms. The summed E-state index contributed by atoms with van der Waals surface area (Å²) >= 11 is 6.04. The normalized spacial score (nSPS) is 10.5. The van der Waals surface area contributed by atoms with Crippen LogP contribution < -0.4 is 10.1 Å². The number of hydrogen-bond acceptors (Lipinski definition) is 3. The van der Waals surface area contributed by atoms with Gasteiger partial charge in [-0.05, 0) is 37.6 Å². The maximum absolute atomic E-state index is 6.04. The zero-order valence-electron chi connectivity index (χ0n) is 10.5. The smallest absolute Gasteiger partial charge is 0.137 e. The first-order chi connectivity index (χ1) is 8.27. The summed E-state index contributed by atoms with van der Waals surface area (Å²) in [4.78, 5) is 0. The van der Waals surface area contributed by atoms with Gasteiger partial charge in [0.2, 0.25) is 0 Å². The van der Waals surface area contributed by atoms with E-state index in [0.717, 1.165) is 38.3 Å². The summed E-state index contributed by atoms with van der Waals surface area (Å²) in [5.41, 5.74) is 1.16. The highest BCUT2D eigenvalue weighted by Crippen LogP contribution is 2.24. The monoisotopic (exact) mass is 257 g/mol. The zero-order chi connectivity index (χ0) is 12.5. The molecule has 1 N–H and O–H groups in total. The molecule has 1 rings (SSSR count). The second-order valence-corrected chi connectivity index (χ2v) is 4.10. The van der Waals surface area contributed by atoms with E-state index in [2.05, 4.69) is 5.32 Å². The number of nitrogens with one attached hydrogen (secondary N) is 1. The number of methoxy groups -OCH3 is 1. The van der Waals surface area contributed by atoms with Crippen molar-refractivity contribution in [2.45, 2.75) is 19.9 Å². The molecule has 96 valence electrons. The summed E-state index contributed by atoms with van der Waals surface area (Å²) in [7, 11) is 1.62. The SMILES string of the molecule is CCOCCCNCc1ccc(OC)c(Cl)c1. The fraction of sp³-hybridized carbons (Fsp3) is 0.538. The summed E-state index contributed by atoms with van der Waals surface area (Å²) in [6.45, 7) is 5.37. The molecule has 3 nitrogen and oxygen atoms in total. The van der Waals surface area contributed by atoms with E-state index in [1.54, 1.807) is 7.11 Å². The predicted molar refractivity (Wildman–Crippen MR) is 70.8 cm³/mol. The van der Waals surface area contributed by atoms with E-state index >= 15 is 0 Å². The van der Waals surface area contributed by atoms with Crippen molar-refractivity contribution in [3.8, 4) is 5.75 Å². The molecular weight excluding hydrogens is 238 g/mol. The Labute approximate surface area is 108 Å². The van der Waals surface area contributed by atoms with E-state index in [4.69, 9.17) is 21.1 Å². The molecule has 0 fully saturated rings. The van der Waals surface area contributed by atoms with Gasteiger partial charge < -0.3 is 14.8 Å². The van der Waals surface area contributed by atoms with Gasteiger partial charge in [-0.25, -0.2) is 0 Å². The summed E-state index contributed by atoms with van der Waals surface area (Å²) in [6.07, 6.45) is 1.03. The molecule has 0 aromatic heterocycles. The lowest BCUT2D eigenvalue weighted by Gasteiger charge is -2.07. The summed E-state index contributed by atoms with van der Waals surface area (Å²) < 4.78 is 10.4. The molecule has 1 aromatic rings. The highest BCUT2D eigenvalue weighted by molar-refractivity contribution is 6.32. The van der Waals surface area contributed by atoms with Crippen molar-refractivity contribution >= 4 is 11.6 Å². The van der Waals surface area contributed by atoms with Gasteiger partial charge in [0.1, 0.15) is 5.75 Å². The van der Waals surface area contributed by atoms with Gasteiger partial charge in [-0.2, -0.15) is 0 Å². The standard InChI is InChI=1S/C13H20ClNO2/c1-3-17-8-4-7-15-10-11-5-6-13(16-2)12(14)9-11/h5-6,9,15H,3-4,7-8,10H2,1-2H3. The van der Waals surface area contributed by atoms with Crippen molar-refractivity contribution < 1.29 is 9.47 Å². The molecule has 0 heterocycles. The second-order valence-electron chi connectivity index (χ2n) is 3.70. The van der Waals surface area contributed by atoms with Gasteiger partial charge >= 0.3 is 0 Å². The van der Waals surface area contributed by atoms with Crippen LogP contribution in [0.3, 0.4) is 0 Å². The van der Waals surface area contributed by atoms with Crippen LogP contribution in [-0.2, 0) is 11.3 Å². The molecule has 0 aliphatic rings. The van der Waals surface area contributed by atoms with Crippen molar-refractivity contribution in [1.29, 1.82) is 0 Å². The number of hydrogen-bond donors (Lipinski definition) is 1. The maximum atomic E-state index is 6.04. The Hall–Kier alpha value is -0.770. The van der Waals surface area contributed by atoms with Crippen LogP contribution in [0.1, 0.15) is 18.9 Å². The van der Waals surface area contributed by atoms with Crippen molar-refractivity contribution in [2.75, 3.05) is 26.9 Å². The minimum Gasteiger partial charge on any atom is -0.495 e. The fourth-order valence-corrected chi connectivity index (χ4v) is 1.78. The fourth-order valence-electron chi connectivity index (χ4n) is 1.50. The van der Waals surface area contributed by atoms with Crippen molar-refractivity contribution in [2.24, 2.45) is 0 Å². The molecular formula is C13H20ClNO2. The Kier molecular flexibility index (Phi) is 7.01. The number of benzene rings is 1. The quantitative estimate of drug-likeness (QED) is 0.727. The van der Waals surface area contributed by atoms with E-state index < -0.39 is 0 Å². The lowest BCUT2D eigenvalue weighted by molar-refractivity contribution is 0.144. The Morgan fingerprint density at radius 3 is 2.82 bits per heavy atom. The van der Waals surface area contributed by atoms with Gasteiger partial charge in [0, 0.05) is 19.8 Å². The maximum Gasteiger partial charge on any atom is 0.137 e. The Morgan fingerprint density at radius 2 is 2.18 bits per heavy atom. The molecule has 17 heavy (non-hydrogen) atoms. The molecule has 0 aliphatic carbocycles. The second kappa shape index (κ2) is 8.34. The van der Waals surface area contributed by atoms with Crippen LogP contribution >= 0.6 is 11.6 Å². The largest absolute Gasteiger partial charge is 0.495 e. The van der Waals surface area contributed by atoms with Gasteiger partial charge in [0.05, 0.1) is 12.1 Å². The van der Waals surface area contributed by atoms with E-state index in [9.17, 15) is 0 Å². The predicted octanol–water partition coefficient (Wildman–Crippen LogP) is 2.86. The topological polar surface area (TPSA) is 30.5 Å². The highest BCUT2D eigenvalue weighted by Gasteiger charge is 2.01. The molecule has 0 atom stereocenters. The van der Waals surface area contributed by atoms with Crippen LogP contribution in [-0.4, -0.2) is 26.9 Å².